The maximum absolute atomic E-state index is 13.0. The number of likely N-dealkylation sites (tertiary alicyclic amines) is 1. The maximum atomic E-state index is 13.0. The van der Waals surface area contributed by atoms with Crippen molar-refractivity contribution in [2.75, 3.05) is 34.4 Å². The molecule has 1 saturated heterocycles. The second kappa shape index (κ2) is 9.17. The van der Waals surface area contributed by atoms with Crippen LogP contribution >= 0.6 is 0 Å². The third kappa shape index (κ3) is 4.32. The number of methoxy groups -OCH3 is 3. The fourth-order valence-electron chi connectivity index (χ4n) is 3.68. The van der Waals surface area contributed by atoms with E-state index in [1.165, 1.54) is 0 Å². The van der Waals surface area contributed by atoms with Crippen molar-refractivity contribution in [2.45, 2.75) is 19.4 Å². The third-order valence-electron chi connectivity index (χ3n) is 5.37. The number of hydrogen-bond donors (Lipinski definition) is 1. The Morgan fingerprint density at radius 3 is 2.47 bits per heavy atom. The van der Waals surface area contributed by atoms with E-state index in [0.717, 1.165) is 17.5 Å². The van der Waals surface area contributed by atoms with E-state index in [-0.39, 0.29) is 12.0 Å². The van der Waals surface area contributed by atoms with E-state index in [4.69, 9.17) is 18.9 Å². The number of aryl methyl sites for hydroxylation is 1. The molecule has 9 heteroatoms. The molecule has 1 N–H and O–H groups in total. The van der Waals surface area contributed by atoms with Crippen LogP contribution in [0.15, 0.2) is 36.5 Å². The van der Waals surface area contributed by atoms with Crippen molar-refractivity contribution in [2.24, 2.45) is 0 Å². The van der Waals surface area contributed by atoms with E-state index >= 15 is 0 Å². The van der Waals surface area contributed by atoms with Crippen LogP contribution in [0.1, 0.15) is 22.5 Å². The molecule has 1 aliphatic rings. The second-order valence-electron chi connectivity index (χ2n) is 7.53. The molecule has 1 atom stereocenters. The lowest BCUT2D eigenvalue weighted by atomic mass is 10.1. The number of aromatic amines is 1. The largest absolute Gasteiger partial charge is 0.493 e. The molecule has 0 radical (unpaired) electrons. The fourth-order valence-corrected chi connectivity index (χ4v) is 3.68. The van der Waals surface area contributed by atoms with E-state index in [2.05, 4.69) is 15.2 Å². The Morgan fingerprint density at radius 2 is 1.84 bits per heavy atom. The molecule has 1 aliphatic heterocycles. The van der Waals surface area contributed by atoms with Crippen LogP contribution in [0.5, 0.6) is 23.1 Å². The van der Waals surface area contributed by atoms with Crippen LogP contribution in [0.2, 0.25) is 0 Å². The van der Waals surface area contributed by atoms with Crippen molar-refractivity contribution in [1.29, 1.82) is 0 Å². The van der Waals surface area contributed by atoms with Gasteiger partial charge >= 0.3 is 0 Å². The van der Waals surface area contributed by atoms with Gasteiger partial charge in [0.15, 0.2) is 11.5 Å². The van der Waals surface area contributed by atoms with Gasteiger partial charge in [-0.05, 0) is 30.7 Å². The quantitative estimate of drug-likeness (QED) is 0.605. The monoisotopic (exact) mass is 438 g/mol. The first-order valence-electron chi connectivity index (χ1n) is 10.3. The Labute approximate surface area is 186 Å². The summed E-state index contributed by atoms with van der Waals surface area (Å²) in [5.41, 5.74) is 2.82. The number of ether oxygens (including phenoxy) is 4. The van der Waals surface area contributed by atoms with Crippen LogP contribution in [0.4, 0.5) is 0 Å². The Bertz CT molecular complexity index is 1070. The number of nitrogens with zero attached hydrogens (tertiary/aromatic N) is 3. The predicted molar refractivity (Wildman–Crippen MR) is 118 cm³/mol. The summed E-state index contributed by atoms with van der Waals surface area (Å²) in [7, 11) is 4.66. The average Bonchev–Trinajstić information content (AvgIpc) is 3.49. The average molecular weight is 438 g/mol. The van der Waals surface area contributed by atoms with Gasteiger partial charge in [-0.3, -0.25) is 9.89 Å². The summed E-state index contributed by atoms with van der Waals surface area (Å²) in [6.07, 6.45) is 2.42. The SMILES string of the molecule is COc1cc(-c2cc(C(=O)N3CCC(Oc4ccc(C)cn4)C3)[nH]n2)cc(OC)c1OC. The summed E-state index contributed by atoms with van der Waals surface area (Å²) in [6, 6.07) is 9.10. The van der Waals surface area contributed by atoms with Crippen molar-refractivity contribution < 1.29 is 23.7 Å². The van der Waals surface area contributed by atoms with Crippen molar-refractivity contribution in [1.82, 2.24) is 20.1 Å². The molecule has 1 unspecified atom stereocenters. The van der Waals surface area contributed by atoms with Gasteiger partial charge in [0.1, 0.15) is 11.8 Å². The number of amides is 1. The number of hydrogen-bond acceptors (Lipinski definition) is 7. The van der Waals surface area contributed by atoms with Gasteiger partial charge < -0.3 is 23.8 Å². The number of pyridine rings is 1. The molecular formula is C23H26N4O5. The molecule has 0 aliphatic carbocycles. The molecule has 4 rings (SSSR count). The molecule has 3 heterocycles. The minimum Gasteiger partial charge on any atom is -0.493 e. The normalized spacial score (nSPS) is 15.5. The van der Waals surface area contributed by atoms with Gasteiger partial charge in [0, 0.05) is 30.8 Å². The number of carbonyl (C=O) groups excluding carboxylic acids is 1. The molecule has 2 aromatic heterocycles. The Kier molecular flexibility index (Phi) is 6.16. The van der Waals surface area contributed by atoms with Gasteiger partial charge in [-0.25, -0.2) is 4.98 Å². The minimum atomic E-state index is -0.126. The number of rotatable bonds is 7. The maximum Gasteiger partial charge on any atom is 0.272 e. The number of nitrogens with one attached hydrogen (secondary N) is 1. The van der Waals surface area contributed by atoms with Crippen LogP contribution in [-0.2, 0) is 0 Å². The highest BCUT2D eigenvalue weighted by atomic mass is 16.5. The van der Waals surface area contributed by atoms with Crippen LogP contribution in [0.3, 0.4) is 0 Å². The molecule has 1 aromatic carbocycles. The van der Waals surface area contributed by atoms with Crippen molar-refractivity contribution in [3.05, 3.63) is 47.8 Å². The molecular weight excluding hydrogens is 412 g/mol. The minimum absolute atomic E-state index is 0.0911. The zero-order chi connectivity index (χ0) is 22.7. The molecule has 9 nitrogen and oxygen atoms in total. The summed E-state index contributed by atoms with van der Waals surface area (Å²) in [5.74, 6) is 1.97. The summed E-state index contributed by atoms with van der Waals surface area (Å²) in [4.78, 5) is 19.0. The summed E-state index contributed by atoms with van der Waals surface area (Å²) >= 11 is 0. The van der Waals surface area contributed by atoms with Gasteiger partial charge in [0.05, 0.1) is 33.6 Å². The van der Waals surface area contributed by atoms with E-state index in [0.29, 0.717) is 47.6 Å². The fraction of sp³-hybridized carbons (Fsp3) is 0.348. The van der Waals surface area contributed by atoms with E-state index in [9.17, 15) is 4.79 Å². The van der Waals surface area contributed by atoms with Crippen LogP contribution in [0, 0.1) is 6.92 Å². The lowest BCUT2D eigenvalue weighted by Crippen LogP contribution is -2.31. The van der Waals surface area contributed by atoms with Gasteiger partial charge in [0.2, 0.25) is 11.6 Å². The molecule has 3 aromatic rings. The van der Waals surface area contributed by atoms with Crippen molar-refractivity contribution >= 4 is 5.91 Å². The Hall–Kier alpha value is -3.75. The highest BCUT2D eigenvalue weighted by molar-refractivity contribution is 5.93. The highest BCUT2D eigenvalue weighted by Gasteiger charge is 2.29. The van der Waals surface area contributed by atoms with Gasteiger partial charge in [-0.15, -0.1) is 0 Å². The van der Waals surface area contributed by atoms with Crippen LogP contribution < -0.4 is 18.9 Å². The van der Waals surface area contributed by atoms with E-state index < -0.39 is 0 Å². The number of H-pyrrole nitrogens is 1. The number of benzene rings is 1. The first kappa shape index (κ1) is 21.5. The molecule has 168 valence electrons. The van der Waals surface area contributed by atoms with Gasteiger partial charge in [-0.2, -0.15) is 5.10 Å². The van der Waals surface area contributed by atoms with E-state index in [1.54, 1.807) is 50.6 Å². The zero-order valence-electron chi connectivity index (χ0n) is 18.5. The predicted octanol–water partition coefficient (Wildman–Crippen LogP) is 3.10. The Balaban J connectivity index is 1.47. The summed E-state index contributed by atoms with van der Waals surface area (Å²) in [5, 5.41) is 7.16. The standard InChI is InChI=1S/C23H26N4O5/c1-14-5-6-21(24-12-14)32-16-7-8-27(13-16)23(28)18-11-17(25-26-18)15-9-19(29-2)22(31-4)20(10-15)30-3/h5-6,9-12,16H,7-8,13H2,1-4H3,(H,25,26). The smallest absolute Gasteiger partial charge is 0.272 e. The van der Waals surface area contributed by atoms with Gasteiger partial charge in [-0.1, -0.05) is 6.07 Å². The van der Waals surface area contributed by atoms with E-state index in [1.807, 2.05) is 19.1 Å². The van der Waals surface area contributed by atoms with Crippen molar-refractivity contribution in [3.63, 3.8) is 0 Å². The number of carbonyl (C=O) groups is 1. The molecule has 32 heavy (non-hydrogen) atoms. The lowest BCUT2D eigenvalue weighted by molar-refractivity contribution is 0.0765. The molecule has 1 fully saturated rings. The molecule has 0 saturated carbocycles. The first-order chi connectivity index (χ1) is 15.5. The van der Waals surface area contributed by atoms with Crippen molar-refractivity contribution in [3.8, 4) is 34.4 Å². The molecule has 0 bridgehead atoms. The van der Waals surface area contributed by atoms with Crippen LogP contribution in [0.25, 0.3) is 11.3 Å². The third-order valence-corrected chi connectivity index (χ3v) is 5.37. The topological polar surface area (TPSA) is 98.8 Å². The van der Waals surface area contributed by atoms with Crippen LogP contribution in [-0.4, -0.2) is 66.5 Å². The highest BCUT2D eigenvalue weighted by Crippen LogP contribution is 2.40. The second-order valence-corrected chi connectivity index (χ2v) is 7.53. The molecule has 0 spiro atoms. The lowest BCUT2D eigenvalue weighted by Gasteiger charge is -2.16. The first-order valence-corrected chi connectivity index (χ1v) is 10.3. The summed E-state index contributed by atoms with van der Waals surface area (Å²) < 4.78 is 22.1. The summed E-state index contributed by atoms with van der Waals surface area (Å²) in [6.45, 7) is 3.07. The Morgan fingerprint density at radius 1 is 1.09 bits per heavy atom. The van der Waals surface area contributed by atoms with Gasteiger partial charge in [0.25, 0.3) is 5.91 Å². The number of aromatic nitrogens is 3. The zero-order valence-corrected chi connectivity index (χ0v) is 18.5. The molecule has 1 amide bonds.